The van der Waals surface area contributed by atoms with Crippen molar-refractivity contribution in [3.63, 3.8) is 0 Å². The van der Waals surface area contributed by atoms with Gasteiger partial charge in [0.25, 0.3) is 5.56 Å². The van der Waals surface area contributed by atoms with Gasteiger partial charge in [-0.3, -0.25) is 14.4 Å². The van der Waals surface area contributed by atoms with Crippen molar-refractivity contribution in [2.45, 2.75) is 64.1 Å². The second kappa shape index (κ2) is 10.5. The van der Waals surface area contributed by atoms with Gasteiger partial charge in [-0.15, -0.1) is 0 Å². The van der Waals surface area contributed by atoms with Gasteiger partial charge in [-0.05, 0) is 62.3 Å². The standard InChI is InChI=1S/C26H33FN4O3/c1-17(28-2)25(33)29-24(19-6-4-3-5-7-19)26(34)31-13-12-20-14-23(32)30(16-22(20)31)15-18-8-10-21(27)11-9-18/h8-11,14,16-17,19,24,28H,3-7,12-13,15H2,1-2H3,(H,29,33)/t17-,24-/m0/s1/i2D3. The number of aromatic nitrogens is 1. The average Bonchev–Trinajstić information content (AvgIpc) is 3.25. The number of anilines is 1. The molecular weight excluding hydrogens is 435 g/mol. The molecule has 1 aromatic heterocycles. The summed E-state index contributed by atoms with van der Waals surface area (Å²) in [5.41, 5.74) is 1.93. The number of hydrogen-bond donors (Lipinski definition) is 2. The number of likely N-dealkylation sites (N-methyl/N-ethyl adjacent to an activating group) is 1. The number of hydrogen-bond acceptors (Lipinski definition) is 4. The highest BCUT2D eigenvalue weighted by Crippen LogP contribution is 2.32. The molecular formula is C26H33FN4O3. The van der Waals surface area contributed by atoms with Crippen LogP contribution in [0.2, 0.25) is 0 Å². The Kier molecular flexibility index (Phi) is 6.30. The van der Waals surface area contributed by atoms with Gasteiger partial charge in [-0.2, -0.15) is 0 Å². The summed E-state index contributed by atoms with van der Waals surface area (Å²) in [5.74, 6) is -1.21. The molecule has 0 bridgehead atoms. The van der Waals surface area contributed by atoms with Crippen molar-refractivity contribution in [1.29, 1.82) is 0 Å². The van der Waals surface area contributed by atoms with Crippen LogP contribution in [0.25, 0.3) is 0 Å². The molecule has 2 aliphatic rings. The largest absolute Gasteiger partial charge is 0.343 e. The predicted molar refractivity (Wildman–Crippen MR) is 129 cm³/mol. The van der Waals surface area contributed by atoms with Gasteiger partial charge in [0.05, 0.1) is 18.3 Å². The lowest BCUT2D eigenvalue weighted by atomic mass is 9.83. The van der Waals surface area contributed by atoms with Crippen LogP contribution in [0.5, 0.6) is 0 Å². The number of benzene rings is 1. The number of carbonyl (C=O) groups excluding carboxylic acids is 2. The van der Waals surface area contributed by atoms with Crippen LogP contribution in [0.3, 0.4) is 0 Å². The zero-order chi connectivity index (χ0) is 26.7. The second-order valence-electron chi connectivity index (χ2n) is 9.27. The molecule has 1 aliphatic carbocycles. The van der Waals surface area contributed by atoms with Crippen LogP contribution in [0, 0.1) is 11.7 Å². The average molecular weight is 472 g/mol. The van der Waals surface area contributed by atoms with E-state index in [1.807, 2.05) is 0 Å². The third-order valence-electron chi connectivity index (χ3n) is 6.91. The van der Waals surface area contributed by atoms with Gasteiger partial charge < -0.3 is 20.1 Å². The van der Waals surface area contributed by atoms with Crippen LogP contribution in [0.1, 0.15) is 54.3 Å². The molecule has 8 heteroatoms. The molecule has 1 aliphatic heterocycles. The fourth-order valence-electron chi connectivity index (χ4n) is 4.90. The molecule has 2 heterocycles. The third kappa shape index (κ3) is 5.22. The van der Waals surface area contributed by atoms with Crippen molar-refractivity contribution in [3.05, 3.63) is 63.8 Å². The maximum absolute atomic E-state index is 13.9. The van der Waals surface area contributed by atoms with E-state index in [1.165, 1.54) is 29.7 Å². The van der Waals surface area contributed by atoms with E-state index in [-0.39, 0.29) is 29.7 Å². The SMILES string of the molecule is [2H]C([2H])([2H])N[C@@H](C)C(=O)N[C@H](C(=O)N1CCc2cc(=O)n(Cc3ccc(F)cc3)cc21)C1CCCCC1. The van der Waals surface area contributed by atoms with Crippen LogP contribution in [-0.2, 0) is 22.6 Å². The second-order valence-corrected chi connectivity index (χ2v) is 9.27. The maximum atomic E-state index is 13.9. The van der Waals surface area contributed by atoms with Crippen molar-refractivity contribution in [1.82, 2.24) is 15.2 Å². The highest BCUT2D eigenvalue weighted by atomic mass is 19.1. The highest BCUT2D eigenvalue weighted by Gasteiger charge is 2.37. The molecule has 2 N–H and O–H groups in total. The summed E-state index contributed by atoms with van der Waals surface area (Å²) in [4.78, 5) is 41.1. The summed E-state index contributed by atoms with van der Waals surface area (Å²) in [6.07, 6.45) is 6.76. The molecule has 1 saturated carbocycles. The monoisotopic (exact) mass is 471 g/mol. The first-order chi connectivity index (χ1) is 17.5. The topological polar surface area (TPSA) is 83.4 Å². The van der Waals surface area contributed by atoms with E-state index in [2.05, 4.69) is 10.6 Å². The number of pyridine rings is 1. The maximum Gasteiger partial charge on any atom is 0.251 e. The van der Waals surface area contributed by atoms with Crippen molar-refractivity contribution < 1.29 is 18.1 Å². The molecule has 1 fully saturated rings. The van der Waals surface area contributed by atoms with Crippen molar-refractivity contribution in [2.75, 3.05) is 18.4 Å². The van der Waals surface area contributed by atoms with E-state index in [0.717, 1.165) is 43.2 Å². The Hall–Kier alpha value is -3.00. The van der Waals surface area contributed by atoms with Crippen molar-refractivity contribution in [2.24, 2.45) is 5.92 Å². The number of carbonyl (C=O) groups is 2. The van der Waals surface area contributed by atoms with Crippen LogP contribution < -0.4 is 21.1 Å². The van der Waals surface area contributed by atoms with E-state index in [0.29, 0.717) is 18.7 Å². The fraction of sp³-hybridized carbons (Fsp3) is 0.500. The van der Waals surface area contributed by atoms with Crippen LogP contribution in [0.4, 0.5) is 10.1 Å². The first kappa shape index (κ1) is 20.4. The zero-order valence-electron chi connectivity index (χ0n) is 22.4. The summed E-state index contributed by atoms with van der Waals surface area (Å²) < 4.78 is 36.9. The van der Waals surface area contributed by atoms with Gasteiger partial charge in [-0.25, -0.2) is 4.39 Å². The van der Waals surface area contributed by atoms with E-state index < -0.39 is 25.0 Å². The smallest absolute Gasteiger partial charge is 0.251 e. The summed E-state index contributed by atoms with van der Waals surface area (Å²) in [5, 5.41) is 5.13. The van der Waals surface area contributed by atoms with Gasteiger partial charge in [0.2, 0.25) is 11.8 Å². The minimum atomic E-state index is -2.48. The zero-order valence-corrected chi connectivity index (χ0v) is 19.4. The van der Waals surface area contributed by atoms with Crippen LogP contribution in [-0.4, -0.2) is 42.0 Å². The number of rotatable bonds is 7. The molecule has 2 atom stereocenters. The third-order valence-corrected chi connectivity index (χ3v) is 6.91. The van der Waals surface area contributed by atoms with Gasteiger partial charge in [0.15, 0.2) is 0 Å². The molecule has 2 aromatic rings. The Morgan fingerprint density at radius 2 is 1.94 bits per heavy atom. The minimum Gasteiger partial charge on any atom is -0.343 e. The first-order valence-corrected chi connectivity index (χ1v) is 11.9. The minimum absolute atomic E-state index is 0.0562. The van der Waals surface area contributed by atoms with Crippen LogP contribution >= 0.6 is 0 Å². The van der Waals surface area contributed by atoms with Crippen molar-refractivity contribution in [3.8, 4) is 0 Å². The molecule has 1 aromatic carbocycles. The lowest BCUT2D eigenvalue weighted by molar-refractivity contribution is -0.130. The number of amides is 2. The normalized spacial score (nSPS) is 19.5. The van der Waals surface area contributed by atoms with E-state index in [4.69, 9.17) is 4.11 Å². The Bertz CT molecular complexity index is 1190. The summed E-state index contributed by atoms with van der Waals surface area (Å²) >= 11 is 0. The molecule has 0 unspecified atom stereocenters. The molecule has 0 saturated heterocycles. The molecule has 4 rings (SSSR count). The molecule has 34 heavy (non-hydrogen) atoms. The fourth-order valence-corrected chi connectivity index (χ4v) is 4.90. The van der Waals surface area contributed by atoms with E-state index in [9.17, 15) is 18.8 Å². The summed E-state index contributed by atoms with van der Waals surface area (Å²) in [6.45, 7) is -0.404. The quantitative estimate of drug-likeness (QED) is 0.650. The predicted octanol–water partition coefficient (Wildman–Crippen LogP) is 2.60. The van der Waals surface area contributed by atoms with E-state index in [1.54, 1.807) is 23.2 Å². The van der Waals surface area contributed by atoms with Gasteiger partial charge in [0.1, 0.15) is 11.9 Å². The Morgan fingerprint density at radius 1 is 1.21 bits per heavy atom. The molecule has 0 radical (unpaired) electrons. The number of nitrogens with one attached hydrogen (secondary N) is 2. The molecule has 182 valence electrons. The molecule has 2 amide bonds. The Morgan fingerprint density at radius 3 is 2.65 bits per heavy atom. The first-order valence-electron chi connectivity index (χ1n) is 13.4. The van der Waals surface area contributed by atoms with Gasteiger partial charge >= 0.3 is 0 Å². The Labute approximate surface area is 203 Å². The number of halogens is 1. The summed E-state index contributed by atoms with van der Waals surface area (Å²) in [7, 11) is 0. The lowest BCUT2D eigenvalue weighted by Crippen LogP contribution is -2.55. The Balaban J connectivity index is 1.58. The lowest BCUT2D eigenvalue weighted by Gasteiger charge is -2.33. The molecule has 0 spiro atoms. The number of nitrogens with zero attached hydrogens (tertiary/aromatic N) is 2. The van der Waals surface area contributed by atoms with Crippen LogP contribution in [0.15, 0.2) is 41.3 Å². The summed E-state index contributed by atoms with van der Waals surface area (Å²) in [6, 6.07) is 5.63. The van der Waals surface area contributed by atoms with Gasteiger partial charge in [-0.1, -0.05) is 31.4 Å². The molecule has 7 nitrogen and oxygen atoms in total. The van der Waals surface area contributed by atoms with Crippen molar-refractivity contribution >= 4 is 17.5 Å². The van der Waals surface area contributed by atoms with E-state index >= 15 is 0 Å². The number of fused-ring (bicyclic) bond motifs is 1. The van der Waals surface area contributed by atoms with Gasteiger partial charge in [0, 0.05) is 22.9 Å². The highest BCUT2D eigenvalue weighted by molar-refractivity contribution is 6.01.